The Bertz CT molecular complexity index is 972. The van der Waals surface area contributed by atoms with E-state index in [-0.39, 0.29) is 11.7 Å². The Kier molecular flexibility index (Phi) is 4.48. The van der Waals surface area contributed by atoms with Gasteiger partial charge in [0.2, 0.25) is 0 Å². The highest BCUT2D eigenvalue weighted by molar-refractivity contribution is 6.30. The molecule has 2 nitrogen and oxygen atoms in total. The molecule has 0 fully saturated rings. The molecule has 0 bridgehead atoms. The van der Waals surface area contributed by atoms with E-state index < -0.39 is 6.04 Å². The molecule has 0 radical (unpaired) electrons. The van der Waals surface area contributed by atoms with Gasteiger partial charge in [0.1, 0.15) is 5.82 Å². The van der Waals surface area contributed by atoms with Crippen molar-refractivity contribution in [2.75, 3.05) is 6.54 Å². The van der Waals surface area contributed by atoms with E-state index >= 15 is 0 Å². The quantitative estimate of drug-likeness (QED) is 0.606. The summed E-state index contributed by atoms with van der Waals surface area (Å²) >= 11 is 6.06. The lowest BCUT2D eigenvalue weighted by Gasteiger charge is -2.38. The maximum atomic E-state index is 14.6. The fraction of sp³-hybridized carbons (Fsp3) is 0.136. The number of nitrogens with zero attached hydrogens (tertiary/aromatic N) is 1. The molecule has 0 aromatic heterocycles. The van der Waals surface area contributed by atoms with Crippen molar-refractivity contribution in [1.29, 1.82) is 0 Å². The topological polar surface area (TPSA) is 20.3 Å². The van der Waals surface area contributed by atoms with Crippen molar-refractivity contribution in [3.05, 3.63) is 106 Å². The Labute approximate surface area is 156 Å². The van der Waals surface area contributed by atoms with Gasteiger partial charge in [-0.2, -0.15) is 0 Å². The highest BCUT2D eigenvalue weighted by Gasteiger charge is 2.33. The van der Waals surface area contributed by atoms with Crippen molar-refractivity contribution in [2.24, 2.45) is 0 Å². The minimum atomic E-state index is -0.451. The lowest BCUT2D eigenvalue weighted by atomic mass is 9.87. The van der Waals surface area contributed by atoms with Crippen LogP contribution in [-0.4, -0.2) is 17.4 Å². The number of hydrogen-bond donors (Lipinski definition) is 0. The van der Waals surface area contributed by atoms with Crippen LogP contribution in [0.3, 0.4) is 0 Å². The van der Waals surface area contributed by atoms with Gasteiger partial charge < -0.3 is 4.90 Å². The first kappa shape index (κ1) is 16.8. The maximum absolute atomic E-state index is 14.6. The standard InChI is InChI=1S/C22H17ClFNO/c23-17-8-5-7-16(14-17)22(26)25-13-12-15-6-1-2-9-18(15)21(25)19-10-3-4-11-20(19)24/h1-11,14,21H,12-13H2. The van der Waals surface area contributed by atoms with Gasteiger partial charge in [0.15, 0.2) is 0 Å². The van der Waals surface area contributed by atoms with E-state index in [9.17, 15) is 9.18 Å². The van der Waals surface area contributed by atoms with Gasteiger partial charge in [-0.05, 0) is 41.8 Å². The van der Waals surface area contributed by atoms with Gasteiger partial charge in [0.05, 0.1) is 6.04 Å². The largest absolute Gasteiger partial charge is 0.327 e. The summed E-state index contributed by atoms with van der Waals surface area (Å²) in [5.74, 6) is -0.451. The van der Waals surface area contributed by atoms with Crippen LogP contribution >= 0.6 is 11.6 Å². The highest BCUT2D eigenvalue weighted by atomic mass is 35.5. The third-order valence-electron chi connectivity index (χ3n) is 4.82. The molecule has 4 heteroatoms. The first-order valence-electron chi connectivity index (χ1n) is 8.54. The fourth-order valence-electron chi connectivity index (χ4n) is 3.60. The summed E-state index contributed by atoms with van der Waals surface area (Å²) in [6.45, 7) is 0.529. The van der Waals surface area contributed by atoms with Gasteiger partial charge in [-0.3, -0.25) is 4.79 Å². The second kappa shape index (κ2) is 6.93. The van der Waals surface area contributed by atoms with E-state index in [0.29, 0.717) is 22.7 Å². The molecule has 0 saturated heterocycles. The number of carbonyl (C=O) groups excluding carboxylic acids is 1. The molecule has 3 aromatic rings. The molecular weight excluding hydrogens is 349 g/mol. The summed E-state index contributed by atoms with van der Waals surface area (Å²) in [6, 6.07) is 21.0. The number of carbonyl (C=O) groups is 1. The molecule has 0 saturated carbocycles. The Morgan fingerprint density at radius 3 is 2.46 bits per heavy atom. The molecule has 26 heavy (non-hydrogen) atoms. The van der Waals surface area contributed by atoms with E-state index in [1.807, 2.05) is 24.3 Å². The zero-order valence-electron chi connectivity index (χ0n) is 14.0. The van der Waals surface area contributed by atoms with Crippen molar-refractivity contribution >= 4 is 17.5 Å². The second-order valence-electron chi connectivity index (χ2n) is 6.38. The molecule has 0 N–H and O–H groups in total. The predicted molar refractivity (Wildman–Crippen MR) is 101 cm³/mol. The summed E-state index contributed by atoms with van der Waals surface area (Å²) in [5, 5.41) is 0.510. The molecule has 1 amide bonds. The Morgan fingerprint density at radius 1 is 0.962 bits per heavy atom. The van der Waals surface area contributed by atoms with Gasteiger partial charge in [-0.25, -0.2) is 4.39 Å². The zero-order chi connectivity index (χ0) is 18.1. The van der Waals surface area contributed by atoms with Gasteiger partial charge in [-0.1, -0.05) is 60.1 Å². The van der Waals surface area contributed by atoms with Crippen LogP contribution in [0.15, 0.2) is 72.8 Å². The average Bonchev–Trinajstić information content (AvgIpc) is 2.67. The molecule has 3 aromatic carbocycles. The van der Waals surface area contributed by atoms with Gasteiger partial charge in [0.25, 0.3) is 5.91 Å². The Morgan fingerprint density at radius 2 is 1.69 bits per heavy atom. The SMILES string of the molecule is O=C(c1cccc(Cl)c1)N1CCc2ccccc2C1c1ccccc1F. The molecular formula is C22H17ClFNO. The van der Waals surface area contributed by atoms with Crippen LogP contribution in [0.25, 0.3) is 0 Å². The zero-order valence-corrected chi connectivity index (χ0v) is 14.8. The number of hydrogen-bond acceptors (Lipinski definition) is 1. The molecule has 1 aliphatic heterocycles. The average molecular weight is 366 g/mol. The van der Waals surface area contributed by atoms with E-state index in [1.54, 1.807) is 47.4 Å². The third-order valence-corrected chi connectivity index (χ3v) is 5.05. The number of fused-ring (bicyclic) bond motifs is 1. The molecule has 1 unspecified atom stereocenters. The Balaban J connectivity index is 1.83. The van der Waals surface area contributed by atoms with E-state index in [4.69, 9.17) is 11.6 Å². The van der Waals surface area contributed by atoms with Crippen LogP contribution in [0.5, 0.6) is 0 Å². The minimum absolute atomic E-state index is 0.143. The summed E-state index contributed by atoms with van der Waals surface area (Å²) in [6.07, 6.45) is 0.743. The first-order valence-corrected chi connectivity index (χ1v) is 8.92. The first-order chi connectivity index (χ1) is 12.6. The summed E-state index contributed by atoms with van der Waals surface area (Å²) in [4.78, 5) is 14.9. The maximum Gasteiger partial charge on any atom is 0.254 e. The number of halogens is 2. The van der Waals surface area contributed by atoms with Gasteiger partial charge in [-0.15, -0.1) is 0 Å². The van der Waals surface area contributed by atoms with Crippen molar-refractivity contribution in [3.8, 4) is 0 Å². The second-order valence-corrected chi connectivity index (χ2v) is 6.82. The predicted octanol–water partition coefficient (Wildman–Crippen LogP) is 5.27. The molecule has 1 atom stereocenters. The number of rotatable bonds is 2. The van der Waals surface area contributed by atoms with Gasteiger partial charge >= 0.3 is 0 Å². The molecule has 130 valence electrons. The number of benzene rings is 3. The normalized spacial score (nSPS) is 16.2. The molecule has 0 aliphatic carbocycles. The lowest BCUT2D eigenvalue weighted by molar-refractivity contribution is 0.0692. The smallest absolute Gasteiger partial charge is 0.254 e. The minimum Gasteiger partial charge on any atom is -0.327 e. The van der Waals surface area contributed by atoms with Crippen LogP contribution in [0, 0.1) is 5.82 Å². The molecule has 1 aliphatic rings. The van der Waals surface area contributed by atoms with E-state index in [0.717, 1.165) is 17.5 Å². The highest BCUT2D eigenvalue weighted by Crippen LogP contribution is 2.37. The molecule has 4 rings (SSSR count). The van der Waals surface area contributed by atoms with E-state index in [2.05, 4.69) is 0 Å². The van der Waals surface area contributed by atoms with Crippen molar-refractivity contribution < 1.29 is 9.18 Å². The lowest BCUT2D eigenvalue weighted by Crippen LogP contribution is -2.41. The molecule has 0 spiro atoms. The monoisotopic (exact) mass is 365 g/mol. The van der Waals surface area contributed by atoms with Crippen LogP contribution in [0.4, 0.5) is 4.39 Å². The van der Waals surface area contributed by atoms with Crippen LogP contribution in [0.2, 0.25) is 5.02 Å². The van der Waals surface area contributed by atoms with Crippen molar-refractivity contribution in [2.45, 2.75) is 12.5 Å². The van der Waals surface area contributed by atoms with Crippen LogP contribution in [0.1, 0.15) is 33.1 Å². The van der Waals surface area contributed by atoms with Crippen LogP contribution < -0.4 is 0 Å². The van der Waals surface area contributed by atoms with Crippen molar-refractivity contribution in [3.63, 3.8) is 0 Å². The molecule has 1 heterocycles. The van der Waals surface area contributed by atoms with E-state index in [1.165, 1.54) is 6.07 Å². The number of amides is 1. The fourth-order valence-corrected chi connectivity index (χ4v) is 3.80. The Hall–Kier alpha value is -2.65. The van der Waals surface area contributed by atoms with Gasteiger partial charge in [0, 0.05) is 22.7 Å². The third kappa shape index (κ3) is 2.99. The van der Waals surface area contributed by atoms with Crippen molar-refractivity contribution in [1.82, 2.24) is 4.90 Å². The summed E-state index contributed by atoms with van der Waals surface area (Å²) < 4.78 is 14.6. The summed E-state index contributed by atoms with van der Waals surface area (Å²) in [5.41, 5.74) is 3.14. The van der Waals surface area contributed by atoms with Crippen LogP contribution in [-0.2, 0) is 6.42 Å². The summed E-state index contributed by atoms with van der Waals surface area (Å²) in [7, 11) is 0.